The Kier molecular flexibility index (Phi) is 11.1. The number of carbonyl (C=O) groups is 1. The van der Waals surface area contributed by atoms with Crippen LogP contribution in [0.1, 0.15) is 10.7 Å². The van der Waals surface area contributed by atoms with Crippen LogP contribution in [0.2, 0.25) is 0 Å². The zero-order valence-corrected chi connectivity index (χ0v) is 11.7. The molecule has 0 radical (unpaired) electrons. The Bertz CT molecular complexity index is 307. The number of rotatable bonds is 5. The normalized spacial score (nSPS) is 8.88. The molecule has 0 aliphatic carbocycles. The van der Waals surface area contributed by atoms with Crippen molar-refractivity contribution >= 4 is 42.1 Å². The highest BCUT2D eigenvalue weighted by Crippen LogP contribution is 2.07. The number of likely N-dealkylation sites (N-methyl/N-ethyl adjacent to an activating group) is 1. The minimum absolute atomic E-state index is 0. The molecule has 1 aromatic heterocycles. The van der Waals surface area contributed by atoms with Crippen LogP contribution >= 0.6 is 36.2 Å². The molecule has 2 N–H and O–H groups in total. The standard InChI is InChI=1S/C9H15N3OS.2ClH/c1-7-12-8(6-14-7)3-4-11-9(13)5-10-2;;/h6,10H,3-5H2,1-2H3,(H,11,13);2*1H. The first-order valence-corrected chi connectivity index (χ1v) is 5.42. The summed E-state index contributed by atoms with van der Waals surface area (Å²) in [4.78, 5) is 15.4. The van der Waals surface area contributed by atoms with Crippen LogP contribution < -0.4 is 10.6 Å². The lowest BCUT2D eigenvalue weighted by Crippen LogP contribution is -2.33. The highest BCUT2D eigenvalue weighted by molar-refractivity contribution is 7.09. The van der Waals surface area contributed by atoms with Crippen LogP contribution in [0.25, 0.3) is 0 Å². The fourth-order valence-corrected chi connectivity index (χ4v) is 1.72. The van der Waals surface area contributed by atoms with Gasteiger partial charge >= 0.3 is 0 Å². The average molecular weight is 286 g/mol. The minimum Gasteiger partial charge on any atom is -0.355 e. The zero-order chi connectivity index (χ0) is 10.4. The molecule has 0 aliphatic heterocycles. The van der Waals surface area contributed by atoms with E-state index in [1.165, 1.54) is 0 Å². The van der Waals surface area contributed by atoms with Crippen molar-refractivity contribution < 1.29 is 4.79 Å². The highest BCUT2D eigenvalue weighted by Gasteiger charge is 2.00. The molecule has 94 valence electrons. The van der Waals surface area contributed by atoms with Crippen LogP contribution in [-0.2, 0) is 11.2 Å². The summed E-state index contributed by atoms with van der Waals surface area (Å²) in [7, 11) is 1.75. The SMILES string of the molecule is CNCC(=O)NCCc1csc(C)n1.Cl.Cl. The van der Waals surface area contributed by atoms with Crippen molar-refractivity contribution in [1.29, 1.82) is 0 Å². The number of halogens is 2. The van der Waals surface area contributed by atoms with Crippen LogP contribution in [0.5, 0.6) is 0 Å². The van der Waals surface area contributed by atoms with E-state index in [1.807, 2.05) is 12.3 Å². The summed E-state index contributed by atoms with van der Waals surface area (Å²) in [6.07, 6.45) is 0.805. The first-order chi connectivity index (χ1) is 6.72. The number of nitrogens with one attached hydrogen (secondary N) is 2. The Morgan fingerprint density at radius 1 is 1.50 bits per heavy atom. The number of aromatic nitrogens is 1. The number of hydrogen-bond acceptors (Lipinski definition) is 4. The first kappa shape index (κ1) is 18.0. The predicted octanol–water partition coefficient (Wildman–Crippen LogP) is 1.17. The molecule has 16 heavy (non-hydrogen) atoms. The maximum atomic E-state index is 11.0. The van der Waals surface area contributed by atoms with E-state index < -0.39 is 0 Å². The quantitative estimate of drug-likeness (QED) is 0.854. The van der Waals surface area contributed by atoms with E-state index in [-0.39, 0.29) is 30.7 Å². The van der Waals surface area contributed by atoms with Gasteiger partial charge in [0, 0.05) is 18.3 Å². The summed E-state index contributed by atoms with van der Waals surface area (Å²) in [5, 5.41) is 8.70. The summed E-state index contributed by atoms with van der Waals surface area (Å²) < 4.78 is 0. The Hall–Kier alpha value is -0.360. The lowest BCUT2D eigenvalue weighted by Gasteiger charge is -2.02. The number of carbonyl (C=O) groups excluding carboxylic acids is 1. The Labute approximate surface area is 112 Å². The van der Waals surface area contributed by atoms with Gasteiger partial charge in [0.1, 0.15) is 0 Å². The van der Waals surface area contributed by atoms with Crippen molar-refractivity contribution in [2.75, 3.05) is 20.1 Å². The summed E-state index contributed by atoms with van der Waals surface area (Å²) in [5.41, 5.74) is 1.05. The van der Waals surface area contributed by atoms with Gasteiger partial charge in [0.25, 0.3) is 0 Å². The van der Waals surface area contributed by atoms with Gasteiger partial charge < -0.3 is 10.6 Å². The van der Waals surface area contributed by atoms with Crippen molar-refractivity contribution in [1.82, 2.24) is 15.6 Å². The molecule has 0 saturated carbocycles. The van der Waals surface area contributed by atoms with E-state index in [2.05, 4.69) is 15.6 Å². The van der Waals surface area contributed by atoms with Gasteiger partial charge in [-0.3, -0.25) is 4.79 Å². The second kappa shape index (κ2) is 9.84. The van der Waals surface area contributed by atoms with Gasteiger partial charge in [-0.15, -0.1) is 36.2 Å². The zero-order valence-electron chi connectivity index (χ0n) is 9.28. The smallest absolute Gasteiger partial charge is 0.233 e. The van der Waals surface area contributed by atoms with Crippen LogP contribution in [0, 0.1) is 6.92 Å². The number of thiazole rings is 1. The number of nitrogens with zero attached hydrogens (tertiary/aromatic N) is 1. The molecule has 0 bridgehead atoms. The molecule has 0 atom stereocenters. The fourth-order valence-electron chi connectivity index (χ4n) is 1.08. The Morgan fingerprint density at radius 2 is 2.19 bits per heavy atom. The predicted molar refractivity (Wildman–Crippen MR) is 72.0 cm³/mol. The maximum absolute atomic E-state index is 11.0. The largest absolute Gasteiger partial charge is 0.355 e. The van der Waals surface area contributed by atoms with Gasteiger partial charge in [-0.1, -0.05) is 0 Å². The van der Waals surface area contributed by atoms with E-state index in [1.54, 1.807) is 18.4 Å². The summed E-state index contributed by atoms with van der Waals surface area (Å²) >= 11 is 1.64. The third-order valence-electron chi connectivity index (χ3n) is 1.71. The molecule has 0 aliphatic rings. The summed E-state index contributed by atoms with van der Waals surface area (Å²) in [6.45, 7) is 3.01. The Balaban J connectivity index is 0. The van der Waals surface area contributed by atoms with Gasteiger partial charge in [-0.25, -0.2) is 4.98 Å². The van der Waals surface area contributed by atoms with Crippen LogP contribution in [0.4, 0.5) is 0 Å². The van der Waals surface area contributed by atoms with E-state index >= 15 is 0 Å². The summed E-state index contributed by atoms with van der Waals surface area (Å²) in [6, 6.07) is 0. The van der Waals surface area contributed by atoms with Crippen molar-refractivity contribution in [3.63, 3.8) is 0 Å². The van der Waals surface area contributed by atoms with Gasteiger partial charge in [-0.2, -0.15) is 0 Å². The van der Waals surface area contributed by atoms with E-state index in [0.717, 1.165) is 17.1 Å². The molecule has 0 spiro atoms. The fraction of sp³-hybridized carbons (Fsp3) is 0.556. The lowest BCUT2D eigenvalue weighted by atomic mass is 10.3. The molecular weight excluding hydrogens is 269 g/mol. The van der Waals surface area contributed by atoms with E-state index in [9.17, 15) is 4.79 Å². The monoisotopic (exact) mass is 285 g/mol. The molecule has 4 nitrogen and oxygen atoms in total. The molecule has 7 heteroatoms. The van der Waals surface area contributed by atoms with Crippen molar-refractivity contribution in [3.8, 4) is 0 Å². The van der Waals surface area contributed by atoms with E-state index in [4.69, 9.17) is 0 Å². The van der Waals surface area contributed by atoms with Gasteiger partial charge in [0.05, 0.1) is 17.2 Å². The average Bonchev–Trinajstić information content (AvgIpc) is 2.52. The van der Waals surface area contributed by atoms with Crippen molar-refractivity contribution in [2.45, 2.75) is 13.3 Å². The first-order valence-electron chi connectivity index (χ1n) is 4.54. The Morgan fingerprint density at radius 3 is 2.69 bits per heavy atom. The minimum atomic E-state index is 0. The molecule has 0 unspecified atom stereocenters. The maximum Gasteiger partial charge on any atom is 0.233 e. The van der Waals surface area contributed by atoms with E-state index in [0.29, 0.717) is 13.1 Å². The molecule has 0 fully saturated rings. The highest BCUT2D eigenvalue weighted by atomic mass is 35.5. The van der Waals surface area contributed by atoms with Crippen LogP contribution in [0.3, 0.4) is 0 Å². The molecule has 1 heterocycles. The third kappa shape index (κ3) is 7.00. The van der Waals surface area contributed by atoms with Crippen molar-refractivity contribution in [3.05, 3.63) is 16.1 Å². The third-order valence-corrected chi connectivity index (χ3v) is 2.53. The molecule has 0 saturated heterocycles. The number of aryl methyl sites for hydroxylation is 1. The number of amides is 1. The second-order valence-corrected chi connectivity index (χ2v) is 4.05. The van der Waals surface area contributed by atoms with Gasteiger partial charge in [0.15, 0.2) is 0 Å². The molecule has 1 rings (SSSR count). The van der Waals surface area contributed by atoms with Crippen LogP contribution in [0.15, 0.2) is 5.38 Å². The molecule has 1 aromatic rings. The van der Waals surface area contributed by atoms with Gasteiger partial charge in [0.2, 0.25) is 5.91 Å². The summed E-state index contributed by atoms with van der Waals surface area (Å²) in [5.74, 6) is 0.0273. The molecular formula is C9H17Cl2N3OS. The van der Waals surface area contributed by atoms with Crippen LogP contribution in [-0.4, -0.2) is 31.0 Å². The molecule has 0 aromatic carbocycles. The topological polar surface area (TPSA) is 54.0 Å². The second-order valence-electron chi connectivity index (χ2n) is 2.99. The van der Waals surface area contributed by atoms with Crippen molar-refractivity contribution in [2.24, 2.45) is 0 Å². The van der Waals surface area contributed by atoms with Gasteiger partial charge in [-0.05, 0) is 14.0 Å². The number of hydrogen-bond donors (Lipinski definition) is 2. The molecule has 1 amide bonds. The lowest BCUT2D eigenvalue weighted by molar-refractivity contribution is -0.120.